The standard InChI is InChI=1S/C70H74BNSe/c1-67(2,3)53-35-50(36-54(43-53)68(4,5)6)48-31-33-61-59(39-48)71-60-40-49(51-37-55(69(7,8)9)44-56(38-51)70(10,11)12)32-34-63(60)73-64-42-52(45-23-16-13-17-24-45)41-62(65(64)71)72(61)66-57(46-25-18-14-19-26-46)29-22-30-58(66)47-27-20-15-21-28-47/h14-15,18-22,25-45H,13,16-17,23-24H2,1-12H3. The second kappa shape index (κ2) is 18.5. The van der Waals surface area contributed by atoms with Crippen molar-refractivity contribution in [2.45, 2.75) is 143 Å². The minimum atomic E-state index is -0.00215. The van der Waals surface area contributed by atoms with Gasteiger partial charge in [0.15, 0.2) is 0 Å². The summed E-state index contributed by atoms with van der Waals surface area (Å²) >= 11 is 0.105. The van der Waals surface area contributed by atoms with Gasteiger partial charge in [-0.05, 0) is 0 Å². The Labute approximate surface area is 445 Å². The van der Waals surface area contributed by atoms with Gasteiger partial charge < -0.3 is 0 Å². The normalized spacial score (nSPS) is 15.0. The van der Waals surface area contributed by atoms with E-state index in [2.05, 4.69) is 252 Å². The first-order valence-corrected chi connectivity index (χ1v) is 28.9. The molecule has 1 fully saturated rings. The summed E-state index contributed by atoms with van der Waals surface area (Å²) in [6, 6.07) is 64.7. The van der Waals surface area contributed by atoms with Crippen LogP contribution in [0.1, 0.15) is 149 Å². The fourth-order valence-electron chi connectivity index (χ4n) is 11.9. The molecule has 0 saturated heterocycles. The molecular formula is C70H74BNSe. The third-order valence-corrected chi connectivity index (χ3v) is 18.7. The molecule has 0 aromatic heterocycles. The Morgan fingerprint density at radius 1 is 0.397 bits per heavy atom. The van der Waals surface area contributed by atoms with Gasteiger partial charge in [-0.3, -0.25) is 0 Å². The predicted molar refractivity (Wildman–Crippen MR) is 320 cm³/mol. The third kappa shape index (κ3) is 9.40. The van der Waals surface area contributed by atoms with Crippen molar-refractivity contribution in [1.82, 2.24) is 0 Å². The van der Waals surface area contributed by atoms with Crippen molar-refractivity contribution in [2.24, 2.45) is 0 Å². The zero-order valence-electron chi connectivity index (χ0n) is 45.6. The van der Waals surface area contributed by atoms with E-state index in [1.54, 1.807) is 4.46 Å². The molecule has 368 valence electrons. The summed E-state index contributed by atoms with van der Waals surface area (Å²) < 4.78 is 3.05. The summed E-state index contributed by atoms with van der Waals surface area (Å²) in [5.41, 5.74) is 25.5. The average molecular weight is 1020 g/mol. The Morgan fingerprint density at radius 2 is 0.877 bits per heavy atom. The Hall–Kier alpha value is -5.86. The van der Waals surface area contributed by atoms with Crippen LogP contribution in [-0.2, 0) is 21.7 Å². The van der Waals surface area contributed by atoms with Gasteiger partial charge in [-0.1, -0.05) is 0 Å². The summed E-state index contributed by atoms with van der Waals surface area (Å²) in [6.07, 6.45) is 6.48. The Kier molecular flexibility index (Phi) is 12.5. The molecule has 0 spiro atoms. The van der Waals surface area contributed by atoms with E-state index in [9.17, 15) is 0 Å². The molecule has 73 heavy (non-hydrogen) atoms. The van der Waals surface area contributed by atoms with Gasteiger partial charge in [-0.15, -0.1) is 0 Å². The number of anilines is 3. The van der Waals surface area contributed by atoms with Crippen molar-refractivity contribution in [1.29, 1.82) is 0 Å². The van der Waals surface area contributed by atoms with Gasteiger partial charge >= 0.3 is 448 Å². The molecule has 3 heteroatoms. The van der Waals surface area contributed by atoms with Crippen LogP contribution in [0.2, 0.25) is 0 Å². The van der Waals surface area contributed by atoms with E-state index >= 15 is 0 Å². The molecule has 1 nitrogen and oxygen atoms in total. The van der Waals surface area contributed by atoms with Crippen LogP contribution in [0.25, 0.3) is 44.5 Å². The van der Waals surface area contributed by atoms with E-state index in [1.165, 1.54) is 142 Å². The first-order chi connectivity index (χ1) is 34.7. The zero-order valence-corrected chi connectivity index (χ0v) is 47.3. The summed E-state index contributed by atoms with van der Waals surface area (Å²) in [5, 5.41) is 0. The third-order valence-electron chi connectivity index (χ3n) is 16.3. The number of nitrogens with zero attached hydrogens (tertiary/aromatic N) is 1. The van der Waals surface area contributed by atoms with Crippen LogP contribution in [-0.4, -0.2) is 21.7 Å². The average Bonchev–Trinajstić information content (AvgIpc) is 3.37. The van der Waals surface area contributed by atoms with Crippen LogP contribution in [0, 0.1) is 0 Å². The van der Waals surface area contributed by atoms with Crippen molar-refractivity contribution >= 4 is 64.0 Å². The molecule has 0 bridgehead atoms. The topological polar surface area (TPSA) is 3.24 Å². The predicted octanol–water partition coefficient (Wildman–Crippen LogP) is 15.9. The Morgan fingerprint density at radius 3 is 1.37 bits per heavy atom. The number of benzene rings is 8. The number of rotatable bonds is 6. The second-order valence-electron chi connectivity index (χ2n) is 25.7. The SMILES string of the molecule is CC(C)(C)c1cc(-c2ccc3c(c2)B2c4cc(-c5cc(C(C)(C)C)cc(C(C)(C)C)c5)ccc4N(c4c(-c5ccccc5)cccc4-c4ccccc4)c4cc(C5CCCCC5)cc(c42)[Se]3)cc(C(C)(C)C)c1. The zero-order chi connectivity index (χ0) is 51.2. The van der Waals surface area contributed by atoms with Crippen LogP contribution < -0.4 is 30.2 Å². The van der Waals surface area contributed by atoms with Gasteiger partial charge in [0, 0.05) is 0 Å². The molecule has 0 radical (unpaired) electrons. The molecule has 1 aliphatic carbocycles. The summed E-state index contributed by atoms with van der Waals surface area (Å²) in [6.45, 7) is 28.4. The van der Waals surface area contributed by atoms with Gasteiger partial charge in [-0.25, -0.2) is 0 Å². The Bertz CT molecular complexity index is 3260. The van der Waals surface area contributed by atoms with Gasteiger partial charge in [0.05, 0.1) is 0 Å². The van der Waals surface area contributed by atoms with Gasteiger partial charge in [0.1, 0.15) is 0 Å². The molecule has 8 aromatic rings. The molecule has 8 aromatic carbocycles. The van der Waals surface area contributed by atoms with Crippen molar-refractivity contribution < 1.29 is 0 Å². The Balaban J connectivity index is 1.24. The number of para-hydroxylation sites is 1. The van der Waals surface area contributed by atoms with Crippen molar-refractivity contribution in [3.05, 3.63) is 192 Å². The molecule has 0 N–H and O–H groups in total. The molecule has 2 heterocycles. The van der Waals surface area contributed by atoms with E-state index in [0.29, 0.717) is 5.92 Å². The van der Waals surface area contributed by atoms with E-state index < -0.39 is 0 Å². The van der Waals surface area contributed by atoms with Crippen LogP contribution in [0.4, 0.5) is 17.1 Å². The van der Waals surface area contributed by atoms with Crippen molar-refractivity contribution in [2.75, 3.05) is 4.90 Å². The van der Waals surface area contributed by atoms with Gasteiger partial charge in [0.2, 0.25) is 0 Å². The monoisotopic (exact) mass is 1020 g/mol. The molecule has 0 amide bonds. The van der Waals surface area contributed by atoms with E-state index in [1.807, 2.05) is 0 Å². The summed E-state index contributed by atoms with van der Waals surface area (Å²) in [5.74, 6) is 0.566. The van der Waals surface area contributed by atoms with Gasteiger partial charge in [0.25, 0.3) is 0 Å². The molecule has 0 unspecified atom stereocenters. The first-order valence-electron chi connectivity index (χ1n) is 27.2. The van der Waals surface area contributed by atoms with E-state index in [0.717, 1.165) is 0 Å². The summed E-state index contributed by atoms with van der Waals surface area (Å²) in [4.78, 5) is 2.74. The van der Waals surface area contributed by atoms with Crippen LogP contribution in [0.5, 0.6) is 0 Å². The second-order valence-corrected chi connectivity index (χ2v) is 28.0. The van der Waals surface area contributed by atoms with E-state index in [-0.39, 0.29) is 43.3 Å². The number of fused-ring (bicyclic) bond motifs is 4. The molecule has 1 saturated carbocycles. The van der Waals surface area contributed by atoms with Crippen LogP contribution in [0.15, 0.2) is 164 Å². The van der Waals surface area contributed by atoms with Crippen LogP contribution in [0.3, 0.4) is 0 Å². The fraction of sp³-hybridized carbons (Fsp3) is 0.314. The van der Waals surface area contributed by atoms with E-state index in [4.69, 9.17) is 0 Å². The molecular weight excluding hydrogens is 945 g/mol. The fourth-order valence-corrected chi connectivity index (χ4v) is 14.4. The molecule has 0 atom stereocenters. The maximum absolute atomic E-state index is 2.74. The first kappa shape index (κ1) is 49.4. The van der Waals surface area contributed by atoms with Crippen LogP contribution >= 0.6 is 0 Å². The molecule has 3 aliphatic rings. The minimum absolute atomic E-state index is 0.00215. The number of hydrogen-bond donors (Lipinski definition) is 0. The quantitative estimate of drug-likeness (QED) is 0.150. The summed E-state index contributed by atoms with van der Waals surface area (Å²) in [7, 11) is 0. The van der Waals surface area contributed by atoms with Crippen molar-refractivity contribution in [3.63, 3.8) is 0 Å². The maximum atomic E-state index is 2.74. The van der Waals surface area contributed by atoms with Gasteiger partial charge in [-0.2, -0.15) is 0 Å². The van der Waals surface area contributed by atoms with Crippen molar-refractivity contribution in [3.8, 4) is 44.5 Å². The molecule has 2 aliphatic heterocycles. The molecule has 11 rings (SSSR count). The number of hydrogen-bond acceptors (Lipinski definition) is 1.